The van der Waals surface area contributed by atoms with Gasteiger partial charge in [0.15, 0.2) is 0 Å². The van der Waals surface area contributed by atoms with E-state index in [4.69, 9.17) is 0 Å². The highest BCUT2D eigenvalue weighted by Gasteiger charge is 2.47. The SMILES string of the molecule is CC1(C)c2cc3c(cc2-c2c1ccc1ccccc21)C1(CCCCC1)c1cc(N(c2ccc4c(c2)C(C)(C)c2cc(-c5ccccc5)c5ccccc5c2-4)c2ccccc2[Si](C)(C)C)ccc1-3. The van der Waals surface area contributed by atoms with E-state index in [1.165, 1.54) is 148 Å². The minimum absolute atomic E-state index is 0.0194. The zero-order chi connectivity index (χ0) is 45.6. The van der Waals surface area contributed by atoms with Gasteiger partial charge in [0.1, 0.15) is 0 Å². The van der Waals surface area contributed by atoms with E-state index in [1.54, 1.807) is 5.56 Å². The molecule has 0 heterocycles. The Labute approximate surface area is 398 Å². The summed E-state index contributed by atoms with van der Waals surface area (Å²) in [6.07, 6.45) is 6.21. The number of para-hydroxylation sites is 1. The molecule has 0 radical (unpaired) electrons. The average molecular weight is 882 g/mol. The van der Waals surface area contributed by atoms with E-state index in [2.05, 4.69) is 222 Å². The van der Waals surface area contributed by atoms with Crippen LogP contribution in [0.3, 0.4) is 0 Å². The Morgan fingerprint density at radius 1 is 0.403 bits per heavy atom. The van der Waals surface area contributed by atoms with Crippen molar-refractivity contribution in [2.75, 3.05) is 4.90 Å². The van der Waals surface area contributed by atoms with Crippen molar-refractivity contribution >= 4 is 51.9 Å². The van der Waals surface area contributed by atoms with Gasteiger partial charge in [-0.2, -0.15) is 0 Å². The molecule has 1 nitrogen and oxygen atoms in total. The first-order chi connectivity index (χ1) is 32.4. The Kier molecular flexibility index (Phi) is 8.68. The zero-order valence-electron chi connectivity index (χ0n) is 40.1. The number of benzene rings is 9. The van der Waals surface area contributed by atoms with Crippen molar-refractivity contribution in [3.05, 3.63) is 203 Å². The van der Waals surface area contributed by atoms with E-state index in [1.807, 2.05) is 0 Å². The first-order valence-corrected chi connectivity index (χ1v) is 28.4. The van der Waals surface area contributed by atoms with Crippen LogP contribution in [-0.4, -0.2) is 8.07 Å². The van der Waals surface area contributed by atoms with E-state index < -0.39 is 8.07 Å². The van der Waals surface area contributed by atoms with E-state index >= 15 is 0 Å². The van der Waals surface area contributed by atoms with Gasteiger partial charge in [0.25, 0.3) is 0 Å². The van der Waals surface area contributed by atoms with Crippen molar-refractivity contribution in [3.63, 3.8) is 0 Å². The van der Waals surface area contributed by atoms with Gasteiger partial charge in [-0.15, -0.1) is 0 Å². The normalized spacial score (nSPS) is 16.6. The van der Waals surface area contributed by atoms with Crippen LogP contribution in [0, 0.1) is 0 Å². The molecule has 1 saturated carbocycles. The molecular weight excluding hydrogens is 823 g/mol. The summed E-state index contributed by atoms with van der Waals surface area (Å²) in [5.74, 6) is 0. The Balaban J connectivity index is 1.01. The van der Waals surface area contributed by atoms with Crippen LogP contribution < -0.4 is 10.1 Å². The van der Waals surface area contributed by atoms with E-state index in [0.717, 1.165) is 0 Å². The first-order valence-electron chi connectivity index (χ1n) is 24.9. The van der Waals surface area contributed by atoms with Crippen LogP contribution in [0.4, 0.5) is 17.1 Å². The molecule has 4 aliphatic carbocycles. The molecule has 1 fully saturated rings. The lowest BCUT2D eigenvalue weighted by Crippen LogP contribution is -2.40. The Morgan fingerprint density at radius 2 is 0.970 bits per heavy atom. The van der Waals surface area contributed by atoms with Gasteiger partial charge in [-0.3, -0.25) is 0 Å². The van der Waals surface area contributed by atoms with Crippen LogP contribution in [0.2, 0.25) is 19.6 Å². The molecule has 0 N–H and O–H groups in total. The van der Waals surface area contributed by atoms with Gasteiger partial charge in [-0.05, 0) is 166 Å². The largest absolute Gasteiger partial charge is 0.311 e. The summed E-state index contributed by atoms with van der Waals surface area (Å²) >= 11 is 0. The quantitative estimate of drug-likeness (QED) is 0.156. The number of rotatable bonds is 5. The maximum atomic E-state index is 2.68. The van der Waals surface area contributed by atoms with Crippen LogP contribution in [0.15, 0.2) is 170 Å². The Hall–Kier alpha value is -6.48. The second-order valence-corrected chi connectivity index (χ2v) is 27.4. The third-order valence-electron chi connectivity index (χ3n) is 17.0. The lowest BCUT2D eigenvalue weighted by atomic mass is 9.67. The molecule has 1 spiro atoms. The first kappa shape index (κ1) is 40.8. The Morgan fingerprint density at radius 3 is 1.73 bits per heavy atom. The minimum atomic E-state index is -1.80. The molecule has 0 unspecified atom stereocenters. The topological polar surface area (TPSA) is 3.24 Å². The molecule has 67 heavy (non-hydrogen) atoms. The molecule has 0 amide bonds. The molecule has 0 bridgehead atoms. The average Bonchev–Trinajstić information content (AvgIpc) is 3.83. The predicted molar refractivity (Wildman–Crippen MR) is 289 cm³/mol. The lowest BCUT2D eigenvalue weighted by Gasteiger charge is -2.37. The number of anilines is 3. The fourth-order valence-electron chi connectivity index (χ4n) is 13.6. The van der Waals surface area contributed by atoms with Crippen molar-refractivity contribution in [1.82, 2.24) is 0 Å². The summed E-state index contributed by atoms with van der Waals surface area (Å²) in [7, 11) is -1.80. The van der Waals surface area contributed by atoms with Gasteiger partial charge in [-0.1, -0.05) is 188 Å². The molecule has 9 aromatic rings. The summed E-state index contributed by atoms with van der Waals surface area (Å²) in [5, 5.41) is 6.84. The lowest BCUT2D eigenvalue weighted by molar-refractivity contribution is 0.353. The number of hydrogen-bond acceptors (Lipinski definition) is 1. The third-order valence-corrected chi connectivity index (χ3v) is 19.0. The molecule has 2 heteroatoms. The van der Waals surface area contributed by atoms with Gasteiger partial charge >= 0.3 is 0 Å². The van der Waals surface area contributed by atoms with E-state index in [9.17, 15) is 0 Å². The Bertz CT molecular complexity index is 3540. The van der Waals surface area contributed by atoms with Crippen molar-refractivity contribution in [3.8, 4) is 44.5 Å². The summed E-state index contributed by atoms with van der Waals surface area (Å²) in [4.78, 5) is 2.64. The van der Waals surface area contributed by atoms with Crippen LogP contribution in [-0.2, 0) is 16.2 Å². The smallest absolute Gasteiger partial charge is 0.0803 e. The van der Waals surface area contributed by atoms with Crippen LogP contribution >= 0.6 is 0 Å². The van der Waals surface area contributed by atoms with Crippen LogP contribution in [0.25, 0.3) is 66.1 Å². The number of hydrogen-bond donors (Lipinski definition) is 0. The summed E-state index contributed by atoms with van der Waals surface area (Å²) < 4.78 is 0. The highest BCUT2D eigenvalue weighted by atomic mass is 28.3. The van der Waals surface area contributed by atoms with E-state index in [-0.39, 0.29) is 16.2 Å². The monoisotopic (exact) mass is 881 g/mol. The van der Waals surface area contributed by atoms with Crippen molar-refractivity contribution in [2.45, 2.75) is 95.7 Å². The number of nitrogens with zero attached hydrogens (tertiary/aromatic N) is 1. The molecule has 0 aliphatic heterocycles. The summed E-state index contributed by atoms with van der Waals surface area (Å²) in [6.45, 7) is 17.3. The highest BCUT2D eigenvalue weighted by Crippen LogP contribution is 2.62. The molecular formula is C65H59NSi. The third kappa shape index (κ3) is 5.72. The molecule has 13 rings (SSSR count). The second kappa shape index (κ2) is 14.3. The van der Waals surface area contributed by atoms with Crippen LogP contribution in [0.1, 0.15) is 93.2 Å². The molecule has 0 aromatic heterocycles. The fraction of sp³-hybridized carbons (Fsp3) is 0.231. The van der Waals surface area contributed by atoms with Crippen molar-refractivity contribution in [1.29, 1.82) is 0 Å². The van der Waals surface area contributed by atoms with E-state index in [0.29, 0.717) is 0 Å². The zero-order valence-corrected chi connectivity index (χ0v) is 41.1. The fourth-order valence-corrected chi connectivity index (χ4v) is 15.2. The van der Waals surface area contributed by atoms with Gasteiger partial charge in [-0.25, -0.2) is 0 Å². The maximum absolute atomic E-state index is 2.68. The summed E-state index contributed by atoms with van der Waals surface area (Å²) in [5.41, 5.74) is 23.4. The highest BCUT2D eigenvalue weighted by molar-refractivity contribution is 6.89. The molecule has 0 atom stereocenters. The number of fused-ring (bicyclic) bond motifs is 15. The standard InChI is InChI=1S/C65H59NSi/c1-63(2)53-33-28-42-22-12-13-23-45(42)61(53)52-40-57-51(39-55(52)63)47-31-29-44(37-56(47)65(57)34-18-9-19-35-65)66(59-26-16-17-27-60(59)67(5,6)7)43-30-32-49-54(36-43)64(3,4)58-38-50(41-20-10-8-11-21-41)46-24-14-15-25-48(46)62(49)58/h8,10-17,20-33,36-40H,9,18-19,34-35H2,1-7H3. The predicted octanol–water partition coefficient (Wildman–Crippen LogP) is 17.5. The molecule has 9 aromatic carbocycles. The molecule has 4 aliphatic rings. The summed E-state index contributed by atoms with van der Waals surface area (Å²) in [6, 6.07) is 66.0. The van der Waals surface area contributed by atoms with Gasteiger partial charge in [0.2, 0.25) is 0 Å². The minimum Gasteiger partial charge on any atom is -0.311 e. The van der Waals surface area contributed by atoms with Crippen LogP contribution in [0.5, 0.6) is 0 Å². The molecule has 328 valence electrons. The van der Waals surface area contributed by atoms with Gasteiger partial charge in [0, 0.05) is 33.3 Å². The van der Waals surface area contributed by atoms with Crippen molar-refractivity contribution in [2.24, 2.45) is 0 Å². The van der Waals surface area contributed by atoms with Crippen molar-refractivity contribution < 1.29 is 0 Å². The van der Waals surface area contributed by atoms with Gasteiger partial charge in [0.05, 0.1) is 8.07 Å². The maximum Gasteiger partial charge on any atom is 0.0803 e. The molecule has 0 saturated heterocycles. The second-order valence-electron chi connectivity index (χ2n) is 22.4. The van der Waals surface area contributed by atoms with Gasteiger partial charge < -0.3 is 4.90 Å².